The maximum atomic E-state index is 12.2. The summed E-state index contributed by atoms with van der Waals surface area (Å²) in [5.74, 6) is -1.10. The van der Waals surface area contributed by atoms with Crippen molar-refractivity contribution in [2.45, 2.75) is 19.4 Å². The van der Waals surface area contributed by atoms with Gasteiger partial charge in [-0.25, -0.2) is 0 Å². The summed E-state index contributed by atoms with van der Waals surface area (Å²) in [7, 11) is 0. The Kier molecular flexibility index (Phi) is 5.44. The van der Waals surface area contributed by atoms with Crippen LogP contribution in [0.1, 0.15) is 12.6 Å². The zero-order chi connectivity index (χ0) is 18.7. The van der Waals surface area contributed by atoms with Crippen LogP contribution in [-0.4, -0.2) is 23.1 Å². The van der Waals surface area contributed by atoms with Crippen molar-refractivity contribution < 1.29 is 18.8 Å². The van der Waals surface area contributed by atoms with Gasteiger partial charge in [0.15, 0.2) is 11.7 Å². The lowest BCUT2D eigenvalue weighted by Crippen LogP contribution is -2.30. The molecule has 0 radical (unpaired) electrons. The first-order chi connectivity index (χ1) is 12.4. The molecule has 6 nitrogen and oxygen atoms in total. The third kappa shape index (κ3) is 4.15. The molecule has 0 aliphatic rings. The Bertz CT molecular complexity index is 971. The van der Waals surface area contributed by atoms with E-state index < -0.39 is 18.0 Å². The number of para-hydroxylation sites is 1. The summed E-state index contributed by atoms with van der Waals surface area (Å²) >= 11 is 11.8. The van der Waals surface area contributed by atoms with E-state index in [1.165, 1.54) is 13.0 Å². The van der Waals surface area contributed by atoms with Crippen LogP contribution in [0.5, 0.6) is 0 Å². The minimum atomic E-state index is -1.01. The quantitative estimate of drug-likeness (QED) is 0.656. The highest BCUT2D eigenvalue weighted by Crippen LogP contribution is 2.25. The zero-order valence-corrected chi connectivity index (χ0v) is 15.2. The Morgan fingerprint density at radius 2 is 2.00 bits per heavy atom. The molecule has 0 spiro atoms. The van der Waals surface area contributed by atoms with Gasteiger partial charge in [0.25, 0.3) is 5.91 Å². The van der Waals surface area contributed by atoms with E-state index in [4.69, 9.17) is 32.5 Å². The maximum Gasteiger partial charge on any atom is 0.312 e. The molecule has 1 N–H and O–H groups in total. The third-order valence-corrected chi connectivity index (χ3v) is 4.18. The lowest BCUT2D eigenvalue weighted by Gasteiger charge is -2.14. The molecule has 0 saturated heterocycles. The van der Waals surface area contributed by atoms with Gasteiger partial charge in [-0.15, -0.1) is 0 Å². The Hall–Kier alpha value is -2.57. The summed E-state index contributed by atoms with van der Waals surface area (Å²) in [6, 6.07) is 11.8. The van der Waals surface area contributed by atoms with Crippen molar-refractivity contribution in [1.29, 1.82) is 0 Å². The second-order valence-electron chi connectivity index (χ2n) is 5.55. The number of aromatic nitrogens is 1. The van der Waals surface area contributed by atoms with Gasteiger partial charge in [-0.05, 0) is 37.3 Å². The van der Waals surface area contributed by atoms with Crippen molar-refractivity contribution >= 4 is 51.7 Å². The molecule has 0 bridgehead atoms. The van der Waals surface area contributed by atoms with E-state index in [-0.39, 0.29) is 6.42 Å². The number of carbonyl (C=O) groups excluding carboxylic acids is 2. The molecule has 1 amide bonds. The first kappa shape index (κ1) is 18.2. The van der Waals surface area contributed by atoms with E-state index in [9.17, 15) is 9.59 Å². The molecular weight excluding hydrogens is 379 g/mol. The van der Waals surface area contributed by atoms with Gasteiger partial charge in [0.1, 0.15) is 5.69 Å². The van der Waals surface area contributed by atoms with Gasteiger partial charge < -0.3 is 14.6 Å². The number of esters is 1. The summed E-state index contributed by atoms with van der Waals surface area (Å²) < 4.78 is 10.3. The van der Waals surface area contributed by atoms with E-state index in [0.717, 1.165) is 5.39 Å². The number of amides is 1. The normalized spacial score (nSPS) is 12.0. The van der Waals surface area contributed by atoms with Crippen molar-refractivity contribution in [3.63, 3.8) is 0 Å². The second kappa shape index (κ2) is 7.76. The van der Waals surface area contributed by atoms with Crippen molar-refractivity contribution in [2.24, 2.45) is 0 Å². The molecule has 0 saturated carbocycles. The van der Waals surface area contributed by atoms with Crippen molar-refractivity contribution in [1.82, 2.24) is 5.16 Å². The highest BCUT2D eigenvalue weighted by atomic mass is 35.5. The summed E-state index contributed by atoms with van der Waals surface area (Å²) in [6.07, 6.45) is -1.11. The van der Waals surface area contributed by atoms with E-state index in [1.54, 1.807) is 24.3 Å². The topological polar surface area (TPSA) is 81.4 Å². The van der Waals surface area contributed by atoms with Gasteiger partial charge in [0.05, 0.1) is 17.1 Å². The molecule has 134 valence electrons. The first-order valence-electron chi connectivity index (χ1n) is 7.72. The number of hydrogen-bond donors (Lipinski definition) is 1. The van der Waals surface area contributed by atoms with Gasteiger partial charge >= 0.3 is 5.97 Å². The minimum Gasteiger partial charge on any atom is -0.452 e. The number of ether oxygens (including phenoxy) is 1. The van der Waals surface area contributed by atoms with Gasteiger partial charge in [-0.3, -0.25) is 9.59 Å². The van der Waals surface area contributed by atoms with Crippen LogP contribution < -0.4 is 5.32 Å². The van der Waals surface area contributed by atoms with Crippen LogP contribution in [0, 0.1) is 0 Å². The van der Waals surface area contributed by atoms with Crippen molar-refractivity contribution in [2.75, 3.05) is 5.32 Å². The molecule has 0 aliphatic carbocycles. The average molecular weight is 393 g/mol. The SMILES string of the molecule is C[C@H](OC(=O)Cc1noc2ccccc12)C(=O)Nc1ccc(Cl)cc1Cl. The fourth-order valence-corrected chi connectivity index (χ4v) is 2.78. The Morgan fingerprint density at radius 1 is 1.23 bits per heavy atom. The molecule has 1 aromatic heterocycles. The maximum absolute atomic E-state index is 12.2. The molecule has 1 heterocycles. The van der Waals surface area contributed by atoms with Gasteiger partial charge in [0.2, 0.25) is 0 Å². The number of hydrogen-bond acceptors (Lipinski definition) is 5. The number of nitrogens with one attached hydrogen (secondary N) is 1. The van der Waals surface area contributed by atoms with E-state index in [2.05, 4.69) is 10.5 Å². The predicted octanol–water partition coefficient (Wildman–Crippen LogP) is 4.25. The Labute approximate surface area is 159 Å². The molecule has 1 atom stereocenters. The van der Waals surface area contributed by atoms with Crippen LogP contribution in [0.15, 0.2) is 47.0 Å². The molecule has 26 heavy (non-hydrogen) atoms. The van der Waals surface area contributed by atoms with Crippen LogP contribution in [0.25, 0.3) is 11.0 Å². The van der Waals surface area contributed by atoms with Crippen LogP contribution in [0.4, 0.5) is 5.69 Å². The lowest BCUT2D eigenvalue weighted by atomic mass is 10.2. The Morgan fingerprint density at radius 3 is 2.77 bits per heavy atom. The largest absolute Gasteiger partial charge is 0.452 e. The lowest BCUT2D eigenvalue weighted by molar-refractivity contribution is -0.152. The molecule has 2 aromatic carbocycles. The number of benzene rings is 2. The van der Waals surface area contributed by atoms with Crippen molar-refractivity contribution in [3.8, 4) is 0 Å². The smallest absolute Gasteiger partial charge is 0.312 e. The highest BCUT2D eigenvalue weighted by molar-refractivity contribution is 6.36. The third-order valence-electron chi connectivity index (χ3n) is 3.63. The number of carbonyl (C=O) groups is 2. The molecular formula is C18H14Cl2N2O4. The zero-order valence-electron chi connectivity index (χ0n) is 13.7. The van der Waals surface area contributed by atoms with Crippen LogP contribution in [0.3, 0.4) is 0 Å². The number of halogens is 2. The molecule has 3 aromatic rings. The Balaban J connectivity index is 1.60. The summed E-state index contributed by atoms with van der Waals surface area (Å²) in [6.45, 7) is 1.47. The number of fused-ring (bicyclic) bond motifs is 1. The first-order valence-corrected chi connectivity index (χ1v) is 8.48. The summed E-state index contributed by atoms with van der Waals surface area (Å²) in [4.78, 5) is 24.3. The molecule has 3 rings (SSSR count). The average Bonchev–Trinajstić information content (AvgIpc) is 3.00. The standard InChI is InChI=1S/C18H14Cl2N2O4/c1-10(18(24)21-14-7-6-11(19)8-13(14)20)25-17(23)9-15-12-4-2-3-5-16(12)26-22-15/h2-8,10H,9H2,1H3,(H,21,24)/t10-/m0/s1. The molecule has 0 fully saturated rings. The molecule has 8 heteroatoms. The fraction of sp³-hybridized carbons (Fsp3) is 0.167. The second-order valence-corrected chi connectivity index (χ2v) is 6.39. The van der Waals surface area contributed by atoms with Gasteiger partial charge in [-0.2, -0.15) is 0 Å². The number of anilines is 1. The van der Waals surface area contributed by atoms with Gasteiger partial charge in [-0.1, -0.05) is 40.5 Å². The highest BCUT2D eigenvalue weighted by Gasteiger charge is 2.21. The van der Waals surface area contributed by atoms with Gasteiger partial charge in [0, 0.05) is 10.4 Å². The van der Waals surface area contributed by atoms with Crippen LogP contribution >= 0.6 is 23.2 Å². The molecule has 0 unspecified atom stereocenters. The van der Waals surface area contributed by atoms with Crippen LogP contribution in [-0.2, 0) is 20.7 Å². The fourth-order valence-electron chi connectivity index (χ4n) is 2.32. The van der Waals surface area contributed by atoms with E-state index in [1.807, 2.05) is 12.1 Å². The monoisotopic (exact) mass is 392 g/mol. The summed E-state index contributed by atoms with van der Waals surface area (Å²) in [5.41, 5.74) is 1.42. The molecule has 0 aliphatic heterocycles. The van der Waals surface area contributed by atoms with E-state index >= 15 is 0 Å². The van der Waals surface area contributed by atoms with Crippen molar-refractivity contribution in [3.05, 3.63) is 58.2 Å². The summed E-state index contributed by atoms with van der Waals surface area (Å²) in [5, 5.41) is 7.93. The van der Waals surface area contributed by atoms with E-state index in [0.29, 0.717) is 27.0 Å². The van der Waals surface area contributed by atoms with Crippen LogP contribution in [0.2, 0.25) is 10.0 Å². The predicted molar refractivity (Wildman–Crippen MR) is 98.4 cm³/mol. The minimum absolute atomic E-state index is 0.101. The number of nitrogens with zero attached hydrogens (tertiary/aromatic N) is 1. The number of rotatable bonds is 5.